The van der Waals surface area contributed by atoms with Crippen molar-refractivity contribution in [1.82, 2.24) is 15.8 Å². The highest BCUT2D eigenvalue weighted by atomic mass is 32.1. The number of carbonyl (C=O) groups excluding carboxylic acids is 3. The number of aromatic nitrogens is 1. The van der Waals surface area contributed by atoms with Gasteiger partial charge in [-0.05, 0) is 45.0 Å². The monoisotopic (exact) mass is 423 g/mol. The molecule has 2 amide bonds. The van der Waals surface area contributed by atoms with Crippen LogP contribution in [0.5, 0.6) is 5.75 Å². The molecule has 0 saturated heterocycles. The van der Waals surface area contributed by atoms with Crippen LogP contribution in [0.25, 0.3) is 10.6 Å². The molecule has 0 aliphatic heterocycles. The Balaban J connectivity index is 1.57. The number of ketones is 1. The maximum atomic E-state index is 12.5. The summed E-state index contributed by atoms with van der Waals surface area (Å²) in [4.78, 5) is 40.9. The van der Waals surface area contributed by atoms with Crippen LogP contribution in [-0.4, -0.2) is 28.7 Å². The fourth-order valence-corrected chi connectivity index (χ4v) is 3.58. The lowest BCUT2D eigenvalue weighted by Gasteiger charge is -2.15. The Morgan fingerprint density at radius 3 is 2.30 bits per heavy atom. The van der Waals surface area contributed by atoms with Gasteiger partial charge in [-0.15, -0.1) is 11.3 Å². The predicted molar refractivity (Wildman–Crippen MR) is 114 cm³/mol. The molecule has 3 aromatic rings. The molecule has 7 nitrogen and oxygen atoms in total. The van der Waals surface area contributed by atoms with Gasteiger partial charge in [-0.1, -0.05) is 30.3 Å². The Bertz CT molecular complexity index is 1060. The number of ether oxygens (including phenoxy) is 1. The van der Waals surface area contributed by atoms with Gasteiger partial charge in [0.1, 0.15) is 15.6 Å². The van der Waals surface area contributed by atoms with Gasteiger partial charge in [0.05, 0.1) is 5.69 Å². The zero-order valence-corrected chi connectivity index (χ0v) is 17.6. The van der Waals surface area contributed by atoms with E-state index < -0.39 is 17.9 Å². The molecule has 0 bridgehead atoms. The lowest BCUT2D eigenvalue weighted by Crippen LogP contribution is -2.47. The molecule has 30 heavy (non-hydrogen) atoms. The largest absolute Gasteiger partial charge is 0.481 e. The van der Waals surface area contributed by atoms with Crippen molar-refractivity contribution in [1.29, 1.82) is 0 Å². The maximum Gasteiger partial charge on any atom is 0.281 e. The number of amides is 2. The van der Waals surface area contributed by atoms with E-state index in [1.165, 1.54) is 18.3 Å². The molecule has 1 aromatic heterocycles. The normalized spacial score (nSPS) is 11.4. The number of hydrogen-bond acceptors (Lipinski definition) is 6. The fraction of sp³-hybridized carbons (Fsp3) is 0.182. The molecule has 1 atom stereocenters. The maximum absolute atomic E-state index is 12.5. The minimum absolute atomic E-state index is 0.0520. The third-order valence-electron chi connectivity index (χ3n) is 4.27. The number of thiazole rings is 1. The molecule has 3 rings (SSSR count). The number of nitrogens with one attached hydrogen (secondary N) is 2. The van der Waals surface area contributed by atoms with E-state index >= 15 is 0 Å². The molecule has 2 N–H and O–H groups in total. The topological polar surface area (TPSA) is 97.4 Å². The number of nitrogens with zero attached hydrogens (tertiary/aromatic N) is 1. The quantitative estimate of drug-likeness (QED) is 0.467. The summed E-state index contributed by atoms with van der Waals surface area (Å²) in [5.41, 5.74) is 6.83. The summed E-state index contributed by atoms with van der Waals surface area (Å²) in [5, 5.41) is 0.732. The molecule has 2 aromatic carbocycles. The van der Waals surface area contributed by atoms with Crippen LogP contribution in [0.4, 0.5) is 0 Å². The van der Waals surface area contributed by atoms with Crippen LogP contribution in [0.3, 0.4) is 0 Å². The van der Waals surface area contributed by atoms with Crippen LogP contribution in [0.1, 0.15) is 39.6 Å². The molecule has 0 spiro atoms. The molecular formula is C22H21N3O4S. The van der Waals surface area contributed by atoms with Gasteiger partial charge in [0.2, 0.25) is 0 Å². The second kappa shape index (κ2) is 9.32. The van der Waals surface area contributed by atoms with E-state index in [9.17, 15) is 14.4 Å². The van der Waals surface area contributed by atoms with Gasteiger partial charge in [-0.3, -0.25) is 25.2 Å². The molecule has 1 unspecified atom stereocenters. The van der Waals surface area contributed by atoms with E-state index in [0.717, 1.165) is 10.6 Å². The van der Waals surface area contributed by atoms with Gasteiger partial charge in [0, 0.05) is 11.1 Å². The lowest BCUT2D eigenvalue weighted by atomic mass is 10.1. The number of carbonyl (C=O) groups is 3. The molecule has 0 radical (unpaired) electrons. The Morgan fingerprint density at radius 1 is 1.00 bits per heavy atom. The zero-order chi connectivity index (χ0) is 21.7. The molecule has 0 saturated carbocycles. The Labute approximate surface area is 178 Å². The highest BCUT2D eigenvalue weighted by Gasteiger charge is 2.19. The lowest BCUT2D eigenvalue weighted by molar-refractivity contribution is -0.128. The van der Waals surface area contributed by atoms with E-state index in [4.69, 9.17) is 4.74 Å². The van der Waals surface area contributed by atoms with Crippen molar-refractivity contribution in [2.75, 3.05) is 0 Å². The van der Waals surface area contributed by atoms with Gasteiger partial charge in [-0.2, -0.15) is 0 Å². The van der Waals surface area contributed by atoms with Crippen molar-refractivity contribution in [3.05, 3.63) is 70.7 Å². The van der Waals surface area contributed by atoms with E-state index in [0.29, 0.717) is 21.9 Å². The van der Waals surface area contributed by atoms with Gasteiger partial charge in [0.25, 0.3) is 11.8 Å². The van der Waals surface area contributed by atoms with Crippen LogP contribution in [0, 0.1) is 6.92 Å². The second-order valence-corrected chi connectivity index (χ2v) is 7.58. The standard InChI is InChI=1S/C22H21N3O4S/c1-13-19(30-22(23-13)17-7-5-4-6-8-17)21(28)25-24-20(27)15(3)29-18-11-9-16(10-12-18)14(2)26/h4-12,15H,1-3H3,(H,24,27)(H,25,28). The van der Waals surface area contributed by atoms with Crippen molar-refractivity contribution in [3.8, 4) is 16.3 Å². The minimum atomic E-state index is -0.851. The number of aryl methyl sites for hydroxylation is 1. The van der Waals surface area contributed by atoms with Gasteiger partial charge < -0.3 is 4.74 Å². The Morgan fingerprint density at radius 2 is 1.67 bits per heavy atom. The Hall–Kier alpha value is -3.52. The van der Waals surface area contributed by atoms with Crippen LogP contribution in [0.15, 0.2) is 54.6 Å². The summed E-state index contributed by atoms with van der Waals surface area (Å²) in [6.45, 7) is 4.78. The predicted octanol–water partition coefficient (Wildman–Crippen LogP) is 3.55. The SMILES string of the molecule is CC(=O)c1ccc(OC(C)C(=O)NNC(=O)c2sc(-c3ccccc3)nc2C)cc1. The summed E-state index contributed by atoms with van der Waals surface area (Å²) in [7, 11) is 0. The van der Waals surface area contributed by atoms with Crippen LogP contribution < -0.4 is 15.6 Å². The van der Waals surface area contributed by atoms with E-state index in [1.807, 2.05) is 30.3 Å². The highest BCUT2D eigenvalue weighted by Crippen LogP contribution is 2.27. The molecule has 0 aliphatic rings. The van der Waals surface area contributed by atoms with Gasteiger partial charge >= 0.3 is 0 Å². The van der Waals surface area contributed by atoms with Crippen molar-refractivity contribution >= 4 is 28.9 Å². The summed E-state index contributed by atoms with van der Waals surface area (Å²) >= 11 is 1.25. The van der Waals surface area contributed by atoms with Gasteiger partial charge in [0.15, 0.2) is 11.9 Å². The summed E-state index contributed by atoms with van der Waals surface area (Å²) < 4.78 is 5.55. The first-order chi connectivity index (χ1) is 14.3. The third-order valence-corrected chi connectivity index (χ3v) is 5.47. The van der Waals surface area contributed by atoms with Crippen molar-refractivity contribution in [3.63, 3.8) is 0 Å². The first kappa shape index (κ1) is 21.2. The number of hydrazine groups is 1. The van der Waals surface area contributed by atoms with E-state index in [2.05, 4.69) is 15.8 Å². The molecular weight excluding hydrogens is 402 g/mol. The number of benzene rings is 2. The average Bonchev–Trinajstić information content (AvgIpc) is 3.14. The smallest absolute Gasteiger partial charge is 0.281 e. The number of Topliss-reactive ketones (excluding diaryl/α,β-unsaturated/α-hetero) is 1. The van der Waals surface area contributed by atoms with Crippen LogP contribution in [0.2, 0.25) is 0 Å². The zero-order valence-electron chi connectivity index (χ0n) is 16.8. The highest BCUT2D eigenvalue weighted by molar-refractivity contribution is 7.17. The van der Waals surface area contributed by atoms with Crippen molar-refractivity contribution in [2.45, 2.75) is 26.9 Å². The van der Waals surface area contributed by atoms with E-state index in [-0.39, 0.29) is 5.78 Å². The second-order valence-electron chi connectivity index (χ2n) is 6.58. The summed E-state index contributed by atoms with van der Waals surface area (Å²) in [5.74, 6) is -0.563. The number of hydrogen-bond donors (Lipinski definition) is 2. The molecule has 0 fully saturated rings. The summed E-state index contributed by atoms with van der Waals surface area (Å²) in [6, 6.07) is 16.0. The van der Waals surface area contributed by atoms with Crippen molar-refractivity contribution in [2.24, 2.45) is 0 Å². The summed E-state index contributed by atoms with van der Waals surface area (Å²) in [6.07, 6.45) is -0.851. The van der Waals surface area contributed by atoms with Crippen LogP contribution in [-0.2, 0) is 4.79 Å². The fourth-order valence-electron chi connectivity index (χ4n) is 2.61. The molecule has 1 heterocycles. The molecule has 154 valence electrons. The minimum Gasteiger partial charge on any atom is -0.481 e. The average molecular weight is 423 g/mol. The van der Waals surface area contributed by atoms with Gasteiger partial charge in [-0.25, -0.2) is 4.98 Å². The van der Waals surface area contributed by atoms with Crippen molar-refractivity contribution < 1.29 is 19.1 Å². The first-order valence-corrected chi connectivity index (χ1v) is 10.1. The molecule has 0 aliphatic carbocycles. The molecule has 8 heteroatoms. The third kappa shape index (κ3) is 5.09. The first-order valence-electron chi connectivity index (χ1n) is 9.26. The van der Waals surface area contributed by atoms with Crippen LogP contribution >= 0.6 is 11.3 Å². The van der Waals surface area contributed by atoms with E-state index in [1.54, 1.807) is 38.1 Å². The Kier molecular flexibility index (Phi) is 6.58. The number of rotatable bonds is 6.